The number of β-amino-alcohol motifs (C(OH)–C–C–N with tert-alkyl or cyclic N) is 1. The van der Waals surface area contributed by atoms with Gasteiger partial charge in [-0.2, -0.15) is 0 Å². The van der Waals surface area contributed by atoms with Gasteiger partial charge in [0.1, 0.15) is 29.8 Å². The average Bonchev–Trinajstić information content (AvgIpc) is 3.34. The Kier molecular flexibility index (Phi) is 6.08. The van der Waals surface area contributed by atoms with Crippen LogP contribution in [0.3, 0.4) is 0 Å². The van der Waals surface area contributed by atoms with E-state index in [0.29, 0.717) is 36.2 Å². The van der Waals surface area contributed by atoms with Crippen molar-refractivity contribution < 1.29 is 23.5 Å². The first-order valence-corrected chi connectivity index (χ1v) is 9.83. The smallest absolute Gasteiger partial charge is 0.174 e. The normalized spacial score (nSPS) is 18.4. The number of halogens is 1. The Morgan fingerprint density at radius 1 is 1.28 bits per heavy atom. The quantitative estimate of drug-likeness (QED) is 0.624. The number of rotatable bonds is 8. The summed E-state index contributed by atoms with van der Waals surface area (Å²) in [4.78, 5) is 2.26. The summed E-state index contributed by atoms with van der Waals surface area (Å²) in [6, 6.07) is 12.1. The largest absolute Gasteiger partial charge is 0.491 e. The number of hydrogen-bond donors (Lipinski definition) is 1. The summed E-state index contributed by atoms with van der Waals surface area (Å²) < 4.78 is 29.7. The molecule has 0 saturated carbocycles. The van der Waals surface area contributed by atoms with E-state index in [2.05, 4.69) is 10.1 Å². The highest BCUT2D eigenvalue weighted by molar-refractivity contribution is 5.91. The van der Waals surface area contributed by atoms with Crippen molar-refractivity contribution >= 4 is 10.9 Å². The van der Waals surface area contributed by atoms with Crippen molar-refractivity contribution in [3.8, 4) is 17.1 Å². The van der Waals surface area contributed by atoms with Crippen LogP contribution in [-0.2, 0) is 4.74 Å². The molecule has 0 bridgehead atoms. The predicted molar refractivity (Wildman–Crippen MR) is 107 cm³/mol. The lowest BCUT2D eigenvalue weighted by molar-refractivity contribution is 0.0459. The Balaban J connectivity index is 1.34. The van der Waals surface area contributed by atoms with Crippen molar-refractivity contribution in [2.75, 3.05) is 33.4 Å². The van der Waals surface area contributed by atoms with Crippen LogP contribution in [0.1, 0.15) is 12.8 Å². The molecule has 0 spiro atoms. The molecule has 2 aromatic carbocycles. The van der Waals surface area contributed by atoms with E-state index in [1.165, 1.54) is 12.1 Å². The van der Waals surface area contributed by atoms with E-state index < -0.39 is 6.10 Å². The number of fused-ring (bicyclic) bond motifs is 1. The minimum Gasteiger partial charge on any atom is -0.491 e. The molecule has 2 atom stereocenters. The van der Waals surface area contributed by atoms with Gasteiger partial charge in [-0.15, -0.1) is 0 Å². The number of likely N-dealkylation sites (tertiary alicyclic amines) is 1. The molecule has 0 radical (unpaired) electrons. The van der Waals surface area contributed by atoms with E-state index in [9.17, 15) is 9.50 Å². The molecule has 0 amide bonds. The highest BCUT2D eigenvalue weighted by Gasteiger charge is 2.26. The highest BCUT2D eigenvalue weighted by Crippen LogP contribution is 2.30. The van der Waals surface area contributed by atoms with E-state index in [4.69, 9.17) is 14.0 Å². The number of hydrogen-bond acceptors (Lipinski definition) is 6. The van der Waals surface area contributed by atoms with Crippen molar-refractivity contribution in [3.63, 3.8) is 0 Å². The van der Waals surface area contributed by atoms with Crippen LogP contribution in [0.4, 0.5) is 4.39 Å². The molecule has 1 saturated heterocycles. The highest BCUT2D eigenvalue weighted by atomic mass is 19.1. The molecule has 1 aromatic heterocycles. The standard InChI is InChI=1S/C22H25FN2O4/c1-27-13-17-3-2-10-25(17)12-18(26)14-28-19-7-4-15(5-8-19)22-20-9-6-16(23)11-21(20)24-29-22/h4-9,11,17-18,26H,2-3,10,12-14H2,1H3. The van der Waals surface area contributed by atoms with Crippen LogP contribution >= 0.6 is 0 Å². The van der Waals surface area contributed by atoms with Crippen LogP contribution in [0.2, 0.25) is 0 Å². The number of aliphatic hydroxyl groups excluding tert-OH is 1. The van der Waals surface area contributed by atoms with Crippen molar-refractivity contribution in [2.24, 2.45) is 0 Å². The third kappa shape index (κ3) is 4.58. The number of ether oxygens (including phenoxy) is 2. The number of aromatic nitrogens is 1. The predicted octanol–water partition coefficient (Wildman–Crippen LogP) is 3.48. The summed E-state index contributed by atoms with van der Waals surface area (Å²) in [6.07, 6.45) is 1.66. The zero-order valence-electron chi connectivity index (χ0n) is 16.4. The molecule has 1 aliphatic heterocycles. The van der Waals surface area contributed by atoms with Gasteiger partial charge in [-0.1, -0.05) is 5.16 Å². The van der Waals surface area contributed by atoms with Gasteiger partial charge in [0.25, 0.3) is 0 Å². The van der Waals surface area contributed by atoms with Gasteiger partial charge in [-0.05, 0) is 55.8 Å². The number of nitrogens with zero attached hydrogens (tertiary/aromatic N) is 2. The summed E-state index contributed by atoms with van der Waals surface area (Å²) in [5.41, 5.74) is 1.31. The van der Waals surface area contributed by atoms with Crippen LogP contribution in [-0.4, -0.2) is 60.7 Å². The molecule has 3 aromatic rings. The summed E-state index contributed by atoms with van der Waals surface area (Å²) in [6.45, 7) is 2.47. The zero-order valence-corrected chi connectivity index (χ0v) is 16.4. The molecule has 1 N–H and O–H groups in total. The molecule has 7 heteroatoms. The lowest BCUT2D eigenvalue weighted by Gasteiger charge is -2.26. The van der Waals surface area contributed by atoms with Gasteiger partial charge < -0.3 is 19.1 Å². The van der Waals surface area contributed by atoms with Crippen LogP contribution in [0.15, 0.2) is 47.0 Å². The lowest BCUT2D eigenvalue weighted by atomic mass is 10.1. The van der Waals surface area contributed by atoms with Gasteiger partial charge in [-0.3, -0.25) is 4.90 Å². The van der Waals surface area contributed by atoms with Crippen molar-refractivity contribution in [2.45, 2.75) is 25.0 Å². The zero-order chi connectivity index (χ0) is 20.2. The van der Waals surface area contributed by atoms with E-state index in [-0.39, 0.29) is 12.4 Å². The maximum atomic E-state index is 13.3. The summed E-state index contributed by atoms with van der Waals surface area (Å²) in [5, 5.41) is 15.0. The Hall–Kier alpha value is -2.48. The van der Waals surface area contributed by atoms with Gasteiger partial charge in [0, 0.05) is 36.7 Å². The Labute approximate surface area is 168 Å². The first-order valence-electron chi connectivity index (χ1n) is 9.83. The molecule has 2 heterocycles. The summed E-state index contributed by atoms with van der Waals surface area (Å²) in [5.74, 6) is 0.907. The SMILES string of the molecule is COCC1CCCN1CC(O)COc1ccc(-c2onc3cc(F)ccc23)cc1. The van der Waals surface area contributed by atoms with Crippen molar-refractivity contribution in [3.05, 3.63) is 48.3 Å². The monoisotopic (exact) mass is 400 g/mol. The molecule has 2 unspecified atom stereocenters. The second kappa shape index (κ2) is 8.90. The fourth-order valence-electron chi connectivity index (χ4n) is 3.86. The van der Waals surface area contributed by atoms with Crippen LogP contribution in [0.5, 0.6) is 5.75 Å². The molecule has 154 valence electrons. The molecular formula is C22H25FN2O4. The minimum absolute atomic E-state index is 0.222. The molecule has 1 aliphatic rings. The van der Waals surface area contributed by atoms with Gasteiger partial charge in [0.15, 0.2) is 5.76 Å². The van der Waals surface area contributed by atoms with E-state index in [0.717, 1.165) is 30.3 Å². The molecule has 1 fully saturated rings. The van der Waals surface area contributed by atoms with Crippen LogP contribution in [0, 0.1) is 5.82 Å². The first kappa shape index (κ1) is 19.8. The number of benzene rings is 2. The second-order valence-electron chi connectivity index (χ2n) is 7.41. The Bertz CT molecular complexity index is 944. The van der Waals surface area contributed by atoms with Crippen LogP contribution in [0.25, 0.3) is 22.2 Å². The van der Waals surface area contributed by atoms with E-state index in [1.807, 2.05) is 24.3 Å². The molecule has 6 nitrogen and oxygen atoms in total. The first-order chi connectivity index (χ1) is 14.1. The van der Waals surface area contributed by atoms with Crippen molar-refractivity contribution in [1.82, 2.24) is 10.1 Å². The summed E-state index contributed by atoms with van der Waals surface area (Å²) in [7, 11) is 1.71. The fourth-order valence-corrected chi connectivity index (χ4v) is 3.86. The maximum Gasteiger partial charge on any atom is 0.174 e. The molecule has 0 aliphatic carbocycles. The third-order valence-corrected chi connectivity index (χ3v) is 5.30. The van der Waals surface area contributed by atoms with Crippen molar-refractivity contribution in [1.29, 1.82) is 0 Å². The topological polar surface area (TPSA) is 68.0 Å². The van der Waals surface area contributed by atoms with E-state index >= 15 is 0 Å². The van der Waals surface area contributed by atoms with Gasteiger partial charge in [0.2, 0.25) is 0 Å². The number of aliphatic hydroxyl groups is 1. The molecule has 4 rings (SSSR count). The lowest BCUT2D eigenvalue weighted by Crippen LogP contribution is -2.40. The molecular weight excluding hydrogens is 375 g/mol. The van der Waals surface area contributed by atoms with Gasteiger partial charge in [-0.25, -0.2) is 4.39 Å². The van der Waals surface area contributed by atoms with E-state index in [1.54, 1.807) is 13.2 Å². The van der Waals surface area contributed by atoms with Gasteiger partial charge >= 0.3 is 0 Å². The Morgan fingerprint density at radius 2 is 2.10 bits per heavy atom. The maximum absolute atomic E-state index is 13.3. The third-order valence-electron chi connectivity index (χ3n) is 5.30. The van der Waals surface area contributed by atoms with Crippen LogP contribution < -0.4 is 4.74 Å². The second-order valence-corrected chi connectivity index (χ2v) is 7.41. The minimum atomic E-state index is -0.569. The summed E-state index contributed by atoms with van der Waals surface area (Å²) >= 11 is 0. The Morgan fingerprint density at radius 3 is 2.90 bits per heavy atom. The average molecular weight is 400 g/mol. The van der Waals surface area contributed by atoms with Gasteiger partial charge in [0.05, 0.1) is 6.61 Å². The fraction of sp³-hybridized carbons (Fsp3) is 0.409. The number of methoxy groups -OCH3 is 1. The molecule has 29 heavy (non-hydrogen) atoms.